The van der Waals surface area contributed by atoms with E-state index in [9.17, 15) is 19.5 Å². The molecule has 10 nitrogen and oxygen atoms in total. The molecule has 2 bridgehead atoms. The van der Waals surface area contributed by atoms with Crippen molar-refractivity contribution >= 4 is 5.91 Å². The zero-order valence-corrected chi connectivity index (χ0v) is 23.0. The predicted molar refractivity (Wildman–Crippen MR) is 154 cm³/mol. The number of likely N-dealkylation sites (tertiary alicyclic amines) is 1. The van der Waals surface area contributed by atoms with E-state index in [1.165, 1.54) is 6.07 Å². The van der Waals surface area contributed by atoms with Crippen molar-refractivity contribution < 1.29 is 19.1 Å². The molecule has 1 saturated heterocycles. The Morgan fingerprint density at radius 3 is 2.74 bits per heavy atom. The molecular weight excluding hydrogens is 536 g/mol. The molecule has 3 aromatic heterocycles. The molecule has 2 aliphatic rings. The smallest absolute Gasteiger partial charge is 0.250 e. The number of hydrogen-bond acceptors (Lipinski definition) is 8. The summed E-state index contributed by atoms with van der Waals surface area (Å²) in [7, 11) is 0. The molecule has 1 unspecified atom stereocenters. The predicted octanol–water partition coefficient (Wildman–Crippen LogP) is 3.11. The fourth-order valence-electron chi connectivity index (χ4n) is 6.24. The topological polar surface area (TPSA) is 141 Å². The lowest BCUT2D eigenvalue weighted by molar-refractivity contribution is -0.118. The Labute approximate surface area is 242 Å². The van der Waals surface area contributed by atoms with Crippen molar-refractivity contribution in [3.8, 4) is 11.5 Å². The highest BCUT2D eigenvalue weighted by atomic mass is 16.5. The lowest BCUT2D eigenvalue weighted by atomic mass is 9.83. The quantitative estimate of drug-likeness (QED) is 0.314. The normalized spacial score (nSPS) is 18.7. The van der Waals surface area contributed by atoms with Crippen LogP contribution >= 0.6 is 0 Å². The number of aromatic nitrogens is 2. The summed E-state index contributed by atoms with van der Waals surface area (Å²) in [5, 5.41) is 10.8. The van der Waals surface area contributed by atoms with Crippen LogP contribution in [-0.4, -0.2) is 38.6 Å². The van der Waals surface area contributed by atoms with E-state index in [4.69, 9.17) is 14.9 Å². The molecular formula is C32H32N4O6. The van der Waals surface area contributed by atoms with Crippen molar-refractivity contribution in [2.45, 2.75) is 44.4 Å². The van der Waals surface area contributed by atoms with E-state index >= 15 is 0 Å². The maximum Gasteiger partial charge on any atom is 0.250 e. The fraction of sp³-hybridized carbons (Fsp3) is 0.312. The third-order valence-corrected chi connectivity index (χ3v) is 8.03. The van der Waals surface area contributed by atoms with Crippen LogP contribution < -0.4 is 21.5 Å². The molecule has 3 atom stereocenters. The number of fused-ring (bicyclic) bond motifs is 4. The highest BCUT2D eigenvalue weighted by Crippen LogP contribution is 2.37. The number of amides is 1. The lowest BCUT2D eigenvalue weighted by Crippen LogP contribution is -2.46. The SMILES string of the molecule is NC(=O)CC(c1cccc(OCc2ccccn2)c1)c1oc(CN2C[C@H]3C[C@@H](C2)c2cccc(=O)n2C3)cc(=O)c1O. The number of ether oxygens (including phenoxy) is 1. The highest BCUT2D eigenvalue weighted by Gasteiger charge is 2.35. The molecule has 0 radical (unpaired) electrons. The Bertz CT molecular complexity index is 1720. The van der Waals surface area contributed by atoms with Crippen LogP contribution in [0.4, 0.5) is 0 Å². The van der Waals surface area contributed by atoms with Gasteiger partial charge in [0, 0.05) is 56.0 Å². The Kier molecular flexibility index (Phi) is 7.62. The molecule has 216 valence electrons. The molecule has 10 heteroatoms. The third-order valence-electron chi connectivity index (χ3n) is 8.03. The minimum atomic E-state index is -0.798. The van der Waals surface area contributed by atoms with Gasteiger partial charge in [-0.2, -0.15) is 0 Å². The molecule has 0 aliphatic carbocycles. The number of primary amides is 1. The van der Waals surface area contributed by atoms with Gasteiger partial charge < -0.3 is 24.6 Å². The average Bonchev–Trinajstić information content (AvgIpc) is 2.98. The van der Waals surface area contributed by atoms with Crippen LogP contribution in [-0.2, 0) is 24.5 Å². The van der Waals surface area contributed by atoms with E-state index in [0.29, 0.717) is 42.6 Å². The van der Waals surface area contributed by atoms with E-state index < -0.39 is 23.0 Å². The summed E-state index contributed by atoms with van der Waals surface area (Å²) in [5.74, 6) is -0.540. The zero-order valence-electron chi connectivity index (χ0n) is 23.0. The van der Waals surface area contributed by atoms with Crippen LogP contribution in [0.2, 0.25) is 0 Å². The first-order valence-electron chi connectivity index (χ1n) is 14.0. The monoisotopic (exact) mass is 568 g/mol. The maximum absolute atomic E-state index is 12.9. The first-order valence-corrected chi connectivity index (χ1v) is 14.0. The van der Waals surface area contributed by atoms with Crippen molar-refractivity contribution in [3.63, 3.8) is 0 Å². The van der Waals surface area contributed by atoms with Gasteiger partial charge in [0.15, 0.2) is 5.76 Å². The number of carbonyl (C=O) groups excluding carboxylic acids is 1. The van der Waals surface area contributed by atoms with Gasteiger partial charge in [-0.1, -0.05) is 24.3 Å². The molecule has 6 rings (SSSR count). The number of rotatable bonds is 9. The number of nitrogens with two attached hydrogens (primary N) is 1. The molecule has 2 aliphatic heterocycles. The molecule has 4 aromatic rings. The molecule has 5 heterocycles. The van der Waals surface area contributed by atoms with Crippen molar-refractivity contribution in [1.29, 1.82) is 0 Å². The van der Waals surface area contributed by atoms with Gasteiger partial charge in [-0.25, -0.2) is 0 Å². The summed E-state index contributed by atoms with van der Waals surface area (Å²) in [6, 6.07) is 19.3. The molecule has 0 saturated carbocycles. The van der Waals surface area contributed by atoms with E-state index in [-0.39, 0.29) is 30.3 Å². The molecule has 1 fully saturated rings. The summed E-state index contributed by atoms with van der Waals surface area (Å²) in [6.07, 6.45) is 2.51. The fourth-order valence-corrected chi connectivity index (χ4v) is 6.24. The van der Waals surface area contributed by atoms with Gasteiger partial charge in [0.2, 0.25) is 17.1 Å². The first-order chi connectivity index (χ1) is 20.3. The van der Waals surface area contributed by atoms with Crippen molar-refractivity contribution in [1.82, 2.24) is 14.5 Å². The summed E-state index contributed by atoms with van der Waals surface area (Å²) >= 11 is 0. The van der Waals surface area contributed by atoms with Crippen molar-refractivity contribution in [2.75, 3.05) is 13.1 Å². The highest BCUT2D eigenvalue weighted by molar-refractivity contribution is 5.75. The number of nitrogens with zero attached hydrogens (tertiary/aromatic N) is 3. The Hall–Kier alpha value is -4.70. The van der Waals surface area contributed by atoms with Crippen LogP contribution in [0.15, 0.2) is 86.9 Å². The molecule has 0 spiro atoms. The van der Waals surface area contributed by atoms with Gasteiger partial charge >= 0.3 is 0 Å². The van der Waals surface area contributed by atoms with E-state index in [1.54, 1.807) is 42.6 Å². The molecule has 1 aromatic carbocycles. The number of hydrogen-bond donors (Lipinski definition) is 2. The number of aromatic hydroxyl groups is 1. The minimum Gasteiger partial charge on any atom is -0.502 e. The molecule has 42 heavy (non-hydrogen) atoms. The van der Waals surface area contributed by atoms with Gasteiger partial charge in [0.1, 0.15) is 18.1 Å². The summed E-state index contributed by atoms with van der Waals surface area (Å²) < 4.78 is 14.0. The third kappa shape index (κ3) is 5.84. The second-order valence-electron chi connectivity index (χ2n) is 11.1. The molecule has 1 amide bonds. The maximum atomic E-state index is 12.9. The minimum absolute atomic E-state index is 0.00715. The van der Waals surface area contributed by atoms with E-state index in [2.05, 4.69) is 9.88 Å². The van der Waals surface area contributed by atoms with Crippen LogP contribution in [0.25, 0.3) is 0 Å². The summed E-state index contributed by atoms with van der Waals surface area (Å²) in [4.78, 5) is 43.9. The van der Waals surface area contributed by atoms with Gasteiger partial charge in [-0.3, -0.25) is 24.3 Å². The second kappa shape index (κ2) is 11.7. The Morgan fingerprint density at radius 1 is 1.07 bits per heavy atom. The average molecular weight is 569 g/mol. The van der Waals surface area contributed by atoms with Crippen LogP contribution in [0.3, 0.4) is 0 Å². The number of pyridine rings is 2. The Morgan fingerprint density at radius 2 is 1.93 bits per heavy atom. The number of carbonyl (C=O) groups is 1. The second-order valence-corrected chi connectivity index (χ2v) is 11.1. The van der Waals surface area contributed by atoms with Crippen molar-refractivity contribution in [3.05, 3.63) is 122 Å². The number of benzene rings is 1. The first kappa shape index (κ1) is 27.5. The molecule has 3 N–H and O–H groups in total. The van der Waals surface area contributed by atoms with Crippen LogP contribution in [0.5, 0.6) is 11.5 Å². The summed E-state index contributed by atoms with van der Waals surface area (Å²) in [5.41, 5.74) is 7.44. The van der Waals surface area contributed by atoms with E-state index in [1.807, 2.05) is 28.8 Å². The Balaban J connectivity index is 1.26. The van der Waals surface area contributed by atoms with Crippen LogP contribution in [0.1, 0.15) is 53.1 Å². The largest absolute Gasteiger partial charge is 0.502 e. The standard InChI is InChI=1S/C32H32N4O6/c33-29(38)14-26(21-5-3-7-24(12-21)41-19-23-6-1-2-10-34-23)32-31(40)28(37)13-25(42-32)18-35-15-20-11-22(17-35)27-8-4-9-30(39)36(27)16-20/h1-10,12-13,20,22,26,40H,11,14-19H2,(H2,33,38)/t20-,22+,26?/m1/s1. The summed E-state index contributed by atoms with van der Waals surface area (Å²) in [6.45, 7) is 2.71. The van der Waals surface area contributed by atoms with Gasteiger partial charge in [-0.15, -0.1) is 0 Å². The lowest BCUT2D eigenvalue weighted by Gasteiger charge is -2.42. The number of piperidine rings is 1. The van der Waals surface area contributed by atoms with Gasteiger partial charge in [0.25, 0.3) is 5.56 Å². The van der Waals surface area contributed by atoms with Gasteiger partial charge in [0.05, 0.1) is 18.2 Å². The van der Waals surface area contributed by atoms with Gasteiger partial charge in [-0.05, 0) is 48.2 Å². The zero-order chi connectivity index (χ0) is 29.2. The van der Waals surface area contributed by atoms with E-state index in [0.717, 1.165) is 24.4 Å². The van der Waals surface area contributed by atoms with Crippen molar-refractivity contribution in [2.24, 2.45) is 11.7 Å². The van der Waals surface area contributed by atoms with Crippen LogP contribution in [0, 0.1) is 5.92 Å².